The van der Waals surface area contributed by atoms with Crippen LogP contribution in [0.15, 0.2) is 64.9 Å². The van der Waals surface area contributed by atoms with Crippen LogP contribution in [0.1, 0.15) is 25.5 Å². The van der Waals surface area contributed by atoms with Crippen LogP contribution in [0.25, 0.3) is 10.6 Å². The van der Waals surface area contributed by atoms with Gasteiger partial charge in [0.1, 0.15) is 17.4 Å². The lowest BCUT2D eigenvalue weighted by atomic mass is 9.98. The molecule has 1 saturated heterocycles. The Labute approximate surface area is 198 Å². The normalized spacial score (nSPS) is 15.3. The molecule has 174 valence electrons. The molecule has 0 bridgehead atoms. The van der Waals surface area contributed by atoms with E-state index in [4.69, 9.17) is 9.47 Å². The van der Waals surface area contributed by atoms with Gasteiger partial charge in [-0.2, -0.15) is 4.31 Å². The van der Waals surface area contributed by atoms with Gasteiger partial charge in [-0.05, 0) is 44.0 Å². The largest absolute Gasteiger partial charge is 0.494 e. The number of hydrogen-bond acceptors (Lipinski definition) is 7. The Morgan fingerprint density at radius 2 is 1.79 bits per heavy atom. The number of thiazole rings is 1. The molecule has 9 heteroatoms. The number of aromatic nitrogens is 1. The van der Waals surface area contributed by atoms with Crippen LogP contribution in [0.4, 0.5) is 0 Å². The van der Waals surface area contributed by atoms with Crippen LogP contribution in [0.2, 0.25) is 0 Å². The zero-order chi connectivity index (χ0) is 23.3. The number of piperidine rings is 1. The lowest BCUT2D eigenvalue weighted by Crippen LogP contribution is -2.40. The molecule has 4 rings (SSSR count). The number of sulfonamides is 1. The quantitative estimate of drug-likeness (QED) is 0.440. The van der Waals surface area contributed by atoms with Gasteiger partial charge in [-0.15, -0.1) is 11.3 Å². The van der Waals surface area contributed by atoms with Gasteiger partial charge in [0.05, 0.1) is 23.1 Å². The minimum atomic E-state index is -3.60. The first kappa shape index (κ1) is 23.4. The number of rotatable bonds is 8. The van der Waals surface area contributed by atoms with Crippen molar-refractivity contribution in [3.63, 3.8) is 0 Å². The molecule has 0 radical (unpaired) electrons. The minimum Gasteiger partial charge on any atom is -0.494 e. The smallest absolute Gasteiger partial charge is 0.309 e. The monoisotopic (exact) mass is 486 g/mol. The van der Waals surface area contributed by atoms with Crippen molar-refractivity contribution in [2.45, 2.75) is 31.3 Å². The summed E-state index contributed by atoms with van der Waals surface area (Å²) in [5.41, 5.74) is 1.74. The summed E-state index contributed by atoms with van der Waals surface area (Å²) in [7, 11) is -3.60. The predicted octanol–water partition coefficient (Wildman–Crippen LogP) is 4.35. The van der Waals surface area contributed by atoms with Gasteiger partial charge in [0, 0.05) is 24.0 Å². The fourth-order valence-electron chi connectivity index (χ4n) is 3.70. The maximum absolute atomic E-state index is 12.9. The molecule has 1 aliphatic heterocycles. The van der Waals surface area contributed by atoms with Crippen LogP contribution in [0.3, 0.4) is 0 Å². The maximum Gasteiger partial charge on any atom is 0.309 e. The SMILES string of the molecule is CCOc1ccc(S(=O)(=O)N2CCC(C(=O)OCc3csc(-c4ccccc4)n3)CC2)cc1. The van der Waals surface area contributed by atoms with Crippen molar-refractivity contribution in [3.8, 4) is 16.3 Å². The average molecular weight is 487 g/mol. The van der Waals surface area contributed by atoms with E-state index in [1.807, 2.05) is 42.6 Å². The van der Waals surface area contributed by atoms with Gasteiger partial charge in [-0.25, -0.2) is 13.4 Å². The molecule has 0 N–H and O–H groups in total. The molecule has 0 amide bonds. The van der Waals surface area contributed by atoms with E-state index in [1.54, 1.807) is 24.3 Å². The molecule has 3 aromatic rings. The highest BCUT2D eigenvalue weighted by atomic mass is 32.2. The second-order valence-electron chi connectivity index (χ2n) is 7.70. The van der Waals surface area contributed by atoms with Gasteiger partial charge in [0.15, 0.2) is 0 Å². The van der Waals surface area contributed by atoms with E-state index in [9.17, 15) is 13.2 Å². The summed E-state index contributed by atoms with van der Waals surface area (Å²) in [6.07, 6.45) is 0.864. The number of nitrogens with zero attached hydrogens (tertiary/aromatic N) is 2. The van der Waals surface area contributed by atoms with Crippen LogP contribution < -0.4 is 4.74 Å². The van der Waals surface area contributed by atoms with Gasteiger partial charge < -0.3 is 9.47 Å². The Bertz CT molecular complexity index is 1170. The number of ether oxygens (including phenoxy) is 2. The predicted molar refractivity (Wildman–Crippen MR) is 126 cm³/mol. The number of esters is 1. The standard InChI is InChI=1S/C24H26N2O5S2/c1-2-30-21-8-10-22(11-9-21)33(28,29)26-14-12-19(13-15-26)24(27)31-16-20-17-32-23(25-20)18-6-4-3-5-7-18/h3-11,17,19H,2,12-16H2,1H3. The lowest BCUT2D eigenvalue weighted by molar-refractivity contribution is -0.151. The van der Waals surface area contributed by atoms with Gasteiger partial charge in [0.2, 0.25) is 10.0 Å². The summed E-state index contributed by atoms with van der Waals surface area (Å²) in [5.74, 6) is 0.0142. The molecule has 0 aliphatic carbocycles. The third-order valence-corrected chi connectivity index (χ3v) is 8.35. The van der Waals surface area contributed by atoms with Crippen molar-refractivity contribution < 1.29 is 22.7 Å². The number of carbonyl (C=O) groups is 1. The fourth-order valence-corrected chi connectivity index (χ4v) is 5.99. The number of benzene rings is 2. The summed E-state index contributed by atoms with van der Waals surface area (Å²) >= 11 is 1.51. The highest BCUT2D eigenvalue weighted by molar-refractivity contribution is 7.89. The van der Waals surface area contributed by atoms with Crippen LogP contribution in [0, 0.1) is 5.92 Å². The van der Waals surface area contributed by atoms with E-state index in [0.29, 0.717) is 30.9 Å². The van der Waals surface area contributed by atoms with Gasteiger partial charge in [-0.3, -0.25) is 4.79 Å². The van der Waals surface area contributed by atoms with Crippen molar-refractivity contribution >= 4 is 27.3 Å². The van der Waals surface area contributed by atoms with E-state index >= 15 is 0 Å². The van der Waals surface area contributed by atoms with E-state index in [-0.39, 0.29) is 36.5 Å². The summed E-state index contributed by atoms with van der Waals surface area (Å²) in [6.45, 7) is 3.08. The van der Waals surface area contributed by atoms with E-state index in [1.165, 1.54) is 15.6 Å². The second-order valence-corrected chi connectivity index (χ2v) is 10.5. The van der Waals surface area contributed by atoms with Gasteiger partial charge >= 0.3 is 5.97 Å². The Morgan fingerprint density at radius 3 is 2.45 bits per heavy atom. The minimum absolute atomic E-state index is 0.118. The molecule has 0 saturated carbocycles. The Morgan fingerprint density at radius 1 is 1.09 bits per heavy atom. The molecule has 1 aliphatic rings. The number of hydrogen-bond donors (Lipinski definition) is 0. The molecule has 2 heterocycles. The molecule has 0 atom stereocenters. The molecule has 1 aromatic heterocycles. The van der Waals surface area contributed by atoms with Crippen molar-refractivity contribution in [2.75, 3.05) is 19.7 Å². The first-order valence-electron chi connectivity index (χ1n) is 10.9. The van der Waals surface area contributed by atoms with E-state index in [2.05, 4.69) is 4.98 Å². The molecular weight excluding hydrogens is 460 g/mol. The summed E-state index contributed by atoms with van der Waals surface area (Å²) in [6, 6.07) is 16.3. The van der Waals surface area contributed by atoms with Crippen molar-refractivity contribution in [1.29, 1.82) is 0 Å². The van der Waals surface area contributed by atoms with Gasteiger partial charge in [0.25, 0.3) is 0 Å². The molecule has 33 heavy (non-hydrogen) atoms. The van der Waals surface area contributed by atoms with Crippen molar-refractivity contribution in [2.24, 2.45) is 5.92 Å². The van der Waals surface area contributed by atoms with Crippen LogP contribution >= 0.6 is 11.3 Å². The number of carbonyl (C=O) groups excluding carboxylic acids is 1. The summed E-state index contributed by atoms with van der Waals surface area (Å²) in [4.78, 5) is 17.3. The second kappa shape index (κ2) is 10.5. The first-order chi connectivity index (χ1) is 16.0. The van der Waals surface area contributed by atoms with Gasteiger partial charge in [-0.1, -0.05) is 30.3 Å². The topological polar surface area (TPSA) is 85.8 Å². The Balaban J connectivity index is 1.28. The van der Waals surface area contributed by atoms with Crippen molar-refractivity contribution in [1.82, 2.24) is 9.29 Å². The maximum atomic E-state index is 12.9. The highest BCUT2D eigenvalue weighted by Gasteiger charge is 2.33. The third-order valence-electron chi connectivity index (χ3n) is 5.49. The van der Waals surface area contributed by atoms with E-state index in [0.717, 1.165) is 10.6 Å². The zero-order valence-corrected chi connectivity index (χ0v) is 20.0. The first-order valence-corrected chi connectivity index (χ1v) is 13.2. The molecule has 2 aromatic carbocycles. The highest BCUT2D eigenvalue weighted by Crippen LogP contribution is 2.27. The van der Waals surface area contributed by atoms with Crippen LogP contribution in [0.5, 0.6) is 5.75 Å². The lowest BCUT2D eigenvalue weighted by Gasteiger charge is -2.30. The molecule has 1 fully saturated rings. The molecular formula is C24H26N2O5S2. The van der Waals surface area contributed by atoms with Crippen LogP contribution in [-0.2, 0) is 26.2 Å². The molecule has 0 unspecified atom stereocenters. The van der Waals surface area contributed by atoms with E-state index < -0.39 is 10.0 Å². The van der Waals surface area contributed by atoms with Crippen LogP contribution in [-0.4, -0.2) is 43.4 Å². The third kappa shape index (κ3) is 5.61. The summed E-state index contributed by atoms with van der Waals surface area (Å²) < 4.78 is 38.1. The Hall–Kier alpha value is -2.75. The Kier molecular flexibility index (Phi) is 7.42. The fraction of sp³-hybridized carbons (Fsp3) is 0.333. The molecule has 7 nitrogen and oxygen atoms in total. The average Bonchev–Trinajstić information content (AvgIpc) is 3.33. The molecule has 0 spiro atoms. The van der Waals surface area contributed by atoms with Crippen molar-refractivity contribution in [3.05, 3.63) is 65.7 Å². The summed E-state index contributed by atoms with van der Waals surface area (Å²) in [5, 5.41) is 2.77. The zero-order valence-electron chi connectivity index (χ0n) is 18.3.